The monoisotopic (exact) mass is 269 g/mol. The molecular formula is C16H19N3O. The van der Waals surface area contributed by atoms with E-state index in [1.54, 1.807) is 0 Å². The number of carbonyl (C=O) groups excluding carboxylic acids is 1. The van der Waals surface area contributed by atoms with E-state index >= 15 is 0 Å². The van der Waals surface area contributed by atoms with Crippen molar-refractivity contribution >= 4 is 16.9 Å². The summed E-state index contributed by atoms with van der Waals surface area (Å²) in [5.41, 5.74) is 2.24. The average Bonchev–Trinajstić information content (AvgIpc) is 3.02. The third-order valence-corrected chi connectivity index (χ3v) is 3.80. The maximum Gasteiger partial charge on any atom is 0.317 e. The predicted octanol–water partition coefficient (Wildman–Crippen LogP) is 2.58. The minimum absolute atomic E-state index is 0.0702. The molecule has 1 aromatic heterocycles. The van der Waals surface area contributed by atoms with Crippen LogP contribution >= 0.6 is 0 Å². The summed E-state index contributed by atoms with van der Waals surface area (Å²) in [6, 6.07) is 10.2. The van der Waals surface area contributed by atoms with Crippen LogP contribution in [-0.2, 0) is 6.42 Å². The van der Waals surface area contributed by atoms with Gasteiger partial charge < -0.3 is 10.2 Å². The summed E-state index contributed by atoms with van der Waals surface area (Å²) in [5, 5.41) is 4.18. The number of hydrogen-bond acceptors (Lipinski definition) is 2. The third kappa shape index (κ3) is 2.74. The SMILES string of the molecule is O=C(NCCc1ccnc2ccccc12)N1CCCC1. The second-order valence-corrected chi connectivity index (χ2v) is 5.16. The number of rotatable bonds is 3. The molecule has 0 aliphatic carbocycles. The molecule has 1 aliphatic rings. The van der Waals surface area contributed by atoms with Crippen LogP contribution < -0.4 is 5.32 Å². The van der Waals surface area contributed by atoms with E-state index in [1.165, 1.54) is 10.9 Å². The van der Waals surface area contributed by atoms with E-state index in [9.17, 15) is 4.79 Å². The molecule has 2 amide bonds. The summed E-state index contributed by atoms with van der Waals surface area (Å²) >= 11 is 0. The van der Waals surface area contributed by atoms with Crippen LogP contribution in [0.1, 0.15) is 18.4 Å². The standard InChI is InChI=1S/C16H19N3O/c20-16(19-11-3-4-12-19)18-10-8-13-7-9-17-15-6-2-1-5-14(13)15/h1-2,5-7,9H,3-4,8,10-12H2,(H,18,20). The topological polar surface area (TPSA) is 45.2 Å². The van der Waals surface area contributed by atoms with Gasteiger partial charge in [-0.25, -0.2) is 4.79 Å². The highest BCUT2D eigenvalue weighted by molar-refractivity contribution is 5.82. The van der Waals surface area contributed by atoms with Gasteiger partial charge in [0.05, 0.1) is 5.52 Å². The normalized spacial score (nSPS) is 14.7. The lowest BCUT2D eigenvalue weighted by atomic mass is 10.1. The zero-order valence-corrected chi connectivity index (χ0v) is 11.5. The average molecular weight is 269 g/mol. The van der Waals surface area contributed by atoms with Crippen LogP contribution in [-0.4, -0.2) is 35.5 Å². The third-order valence-electron chi connectivity index (χ3n) is 3.80. The van der Waals surface area contributed by atoms with Gasteiger partial charge in [0.25, 0.3) is 0 Å². The number of benzene rings is 1. The molecular weight excluding hydrogens is 250 g/mol. The molecule has 2 heterocycles. The predicted molar refractivity (Wildman–Crippen MR) is 79.7 cm³/mol. The maximum absolute atomic E-state index is 11.9. The highest BCUT2D eigenvalue weighted by Gasteiger charge is 2.16. The van der Waals surface area contributed by atoms with E-state index in [0.717, 1.165) is 37.9 Å². The van der Waals surface area contributed by atoms with E-state index in [-0.39, 0.29) is 6.03 Å². The minimum Gasteiger partial charge on any atom is -0.338 e. The van der Waals surface area contributed by atoms with Crippen molar-refractivity contribution in [1.29, 1.82) is 0 Å². The van der Waals surface area contributed by atoms with Crippen molar-refractivity contribution in [1.82, 2.24) is 15.2 Å². The molecule has 20 heavy (non-hydrogen) atoms. The Morgan fingerprint density at radius 1 is 1.20 bits per heavy atom. The van der Waals surface area contributed by atoms with Crippen molar-refractivity contribution in [2.45, 2.75) is 19.3 Å². The number of aromatic nitrogens is 1. The van der Waals surface area contributed by atoms with E-state index in [0.29, 0.717) is 6.54 Å². The molecule has 104 valence electrons. The summed E-state index contributed by atoms with van der Waals surface area (Å²) in [6.45, 7) is 2.46. The fourth-order valence-corrected chi connectivity index (χ4v) is 2.71. The number of para-hydroxylation sites is 1. The van der Waals surface area contributed by atoms with Gasteiger partial charge in [-0.15, -0.1) is 0 Å². The Morgan fingerprint density at radius 2 is 2.00 bits per heavy atom. The molecule has 0 spiro atoms. The first-order valence-electron chi connectivity index (χ1n) is 7.20. The van der Waals surface area contributed by atoms with E-state index in [2.05, 4.69) is 16.4 Å². The Kier molecular flexibility index (Phi) is 3.81. The minimum atomic E-state index is 0.0702. The zero-order valence-electron chi connectivity index (χ0n) is 11.5. The van der Waals surface area contributed by atoms with Gasteiger partial charge in [0.15, 0.2) is 0 Å². The van der Waals surface area contributed by atoms with Gasteiger partial charge in [-0.05, 0) is 37.0 Å². The number of pyridine rings is 1. The lowest BCUT2D eigenvalue weighted by Crippen LogP contribution is -2.38. The number of urea groups is 1. The van der Waals surface area contributed by atoms with Gasteiger partial charge in [-0.1, -0.05) is 18.2 Å². The molecule has 0 atom stereocenters. The molecule has 1 aromatic carbocycles. The Morgan fingerprint density at radius 3 is 2.85 bits per heavy atom. The Bertz CT molecular complexity index is 600. The summed E-state index contributed by atoms with van der Waals surface area (Å²) in [7, 11) is 0. The fraction of sp³-hybridized carbons (Fsp3) is 0.375. The molecule has 1 N–H and O–H groups in total. The summed E-state index contributed by atoms with van der Waals surface area (Å²) in [6.07, 6.45) is 4.92. The molecule has 3 rings (SSSR count). The molecule has 4 nitrogen and oxygen atoms in total. The molecule has 0 bridgehead atoms. The van der Waals surface area contributed by atoms with Gasteiger partial charge in [0.2, 0.25) is 0 Å². The van der Waals surface area contributed by atoms with Gasteiger partial charge in [-0.3, -0.25) is 4.98 Å². The van der Waals surface area contributed by atoms with Crippen molar-refractivity contribution in [3.63, 3.8) is 0 Å². The smallest absolute Gasteiger partial charge is 0.317 e. The highest BCUT2D eigenvalue weighted by Crippen LogP contribution is 2.16. The van der Waals surface area contributed by atoms with E-state index < -0.39 is 0 Å². The molecule has 2 aromatic rings. The lowest BCUT2D eigenvalue weighted by molar-refractivity contribution is 0.209. The summed E-state index contributed by atoms with van der Waals surface area (Å²) < 4.78 is 0. The molecule has 0 saturated carbocycles. The lowest BCUT2D eigenvalue weighted by Gasteiger charge is -2.16. The van der Waals surface area contributed by atoms with E-state index in [1.807, 2.05) is 35.4 Å². The summed E-state index contributed by atoms with van der Waals surface area (Å²) in [4.78, 5) is 18.1. The first kappa shape index (κ1) is 12.9. The van der Waals surface area contributed by atoms with Crippen LogP contribution in [0, 0.1) is 0 Å². The number of amides is 2. The Labute approximate surface area is 118 Å². The van der Waals surface area contributed by atoms with Gasteiger partial charge in [0.1, 0.15) is 0 Å². The molecule has 0 unspecified atom stereocenters. The highest BCUT2D eigenvalue weighted by atomic mass is 16.2. The first-order chi connectivity index (χ1) is 9.84. The number of nitrogens with one attached hydrogen (secondary N) is 1. The van der Waals surface area contributed by atoms with Crippen molar-refractivity contribution in [3.8, 4) is 0 Å². The van der Waals surface area contributed by atoms with Crippen LogP contribution in [0.25, 0.3) is 10.9 Å². The number of likely N-dealkylation sites (tertiary alicyclic amines) is 1. The van der Waals surface area contributed by atoms with Crippen molar-refractivity contribution in [2.24, 2.45) is 0 Å². The maximum atomic E-state index is 11.9. The first-order valence-corrected chi connectivity index (χ1v) is 7.20. The van der Waals surface area contributed by atoms with Crippen LogP contribution in [0.2, 0.25) is 0 Å². The zero-order chi connectivity index (χ0) is 13.8. The largest absolute Gasteiger partial charge is 0.338 e. The van der Waals surface area contributed by atoms with Gasteiger partial charge >= 0.3 is 6.03 Å². The summed E-state index contributed by atoms with van der Waals surface area (Å²) in [5.74, 6) is 0. The van der Waals surface area contributed by atoms with Gasteiger partial charge in [0, 0.05) is 31.2 Å². The number of hydrogen-bond donors (Lipinski definition) is 1. The second-order valence-electron chi connectivity index (χ2n) is 5.16. The Balaban J connectivity index is 1.61. The fourth-order valence-electron chi connectivity index (χ4n) is 2.71. The number of carbonyl (C=O) groups is 1. The van der Waals surface area contributed by atoms with E-state index in [4.69, 9.17) is 0 Å². The molecule has 0 radical (unpaired) electrons. The van der Waals surface area contributed by atoms with Crippen LogP contribution in [0.3, 0.4) is 0 Å². The second kappa shape index (κ2) is 5.90. The van der Waals surface area contributed by atoms with Crippen LogP contribution in [0.4, 0.5) is 4.79 Å². The molecule has 1 fully saturated rings. The van der Waals surface area contributed by atoms with Crippen LogP contribution in [0.15, 0.2) is 36.5 Å². The van der Waals surface area contributed by atoms with Crippen molar-refractivity contribution < 1.29 is 4.79 Å². The molecule has 4 heteroatoms. The molecule has 1 aliphatic heterocycles. The molecule has 1 saturated heterocycles. The van der Waals surface area contributed by atoms with Crippen molar-refractivity contribution in [3.05, 3.63) is 42.1 Å². The number of nitrogens with zero attached hydrogens (tertiary/aromatic N) is 2. The van der Waals surface area contributed by atoms with Crippen LogP contribution in [0.5, 0.6) is 0 Å². The van der Waals surface area contributed by atoms with Crippen molar-refractivity contribution in [2.75, 3.05) is 19.6 Å². The van der Waals surface area contributed by atoms with Gasteiger partial charge in [-0.2, -0.15) is 0 Å². The quantitative estimate of drug-likeness (QED) is 0.931. The number of fused-ring (bicyclic) bond motifs is 1. The Hall–Kier alpha value is -2.10.